The average Bonchev–Trinajstić information content (AvgIpc) is 3.23. The number of carbonyl (C=O) groups is 2. The summed E-state index contributed by atoms with van der Waals surface area (Å²) in [5, 5.41) is 10.6. The van der Waals surface area contributed by atoms with E-state index >= 15 is 0 Å². The Labute approximate surface area is 276 Å². The van der Waals surface area contributed by atoms with Crippen LogP contribution in [0.2, 0.25) is 0 Å². The molecule has 0 aromatic heterocycles. The van der Waals surface area contributed by atoms with Gasteiger partial charge in [-0.15, -0.1) is 0 Å². The highest BCUT2D eigenvalue weighted by Crippen LogP contribution is 2.42. The summed E-state index contributed by atoms with van der Waals surface area (Å²) in [6.45, 7) is 3.47. The van der Waals surface area contributed by atoms with Crippen LogP contribution < -0.4 is 18.9 Å². The summed E-state index contributed by atoms with van der Waals surface area (Å²) < 4.78 is 21.7. The fourth-order valence-corrected chi connectivity index (χ4v) is 6.56. The number of likely N-dealkylation sites (N-methyl/N-ethyl adjacent to an activating group) is 1. The van der Waals surface area contributed by atoms with E-state index in [1.807, 2.05) is 47.4 Å². The fourth-order valence-electron chi connectivity index (χ4n) is 6.56. The maximum Gasteiger partial charge on any atom is 0.336 e. The maximum atomic E-state index is 12.9. The molecule has 4 aromatic rings. The lowest BCUT2D eigenvalue weighted by Gasteiger charge is -2.34. The smallest absolute Gasteiger partial charge is 0.336 e. The predicted octanol–water partition coefficient (Wildman–Crippen LogP) is 5.85. The van der Waals surface area contributed by atoms with E-state index < -0.39 is 5.97 Å². The van der Waals surface area contributed by atoms with Gasteiger partial charge in [-0.05, 0) is 96.2 Å². The Morgan fingerprint density at radius 3 is 2.15 bits per heavy atom. The van der Waals surface area contributed by atoms with Crippen molar-refractivity contribution in [2.45, 2.75) is 31.6 Å². The first-order valence-electron chi connectivity index (χ1n) is 15.9. The van der Waals surface area contributed by atoms with Crippen molar-refractivity contribution in [2.24, 2.45) is 0 Å². The molecule has 0 unspecified atom stereocenters. The van der Waals surface area contributed by atoms with Crippen molar-refractivity contribution in [2.75, 3.05) is 61.7 Å². The molecular weight excluding hydrogens is 596 g/mol. The molecule has 1 heterocycles. The van der Waals surface area contributed by atoms with Crippen molar-refractivity contribution in [1.82, 2.24) is 9.80 Å². The topological polar surface area (TPSA) is 97.8 Å². The molecule has 1 N–H and O–H groups in total. The summed E-state index contributed by atoms with van der Waals surface area (Å²) >= 11 is 0. The second-order valence-corrected chi connectivity index (χ2v) is 12.0. The summed E-state index contributed by atoms with van der Waals surface area (Å²) in [7, 11) is 8.79. The molecule has 0 radical (unpaired) electrons. The van der Waals surface area contributed by atoms with Gasteiger partial charge in [0.25, 0.3) is 0 Å². The van der Waals surface area contributed by atoms with Gasteiger partial charge in [0.05, 0.1) is 40.4 Å². The Bertz CT molecular complexity index is 1730. The zero-order valence-corrected chi connectivity index (χ0v) is 27.9. The van der Waals surface area contributed by atoms with Crippen LogP contribution >= 0.6 is 0 Å². The normalized spacial score (nSPS) is 15.1. The summed E-state index contributed by atoms with van der Waals surface area (Å²) in [4.78, 5) is 28.1. The lowest BCUT2D eigenvalue weighted by atomic mass is 9.77. The fraction of sp³-hybridized carbons (Fsp3) is 0.368. The number of rotatable bonds is 11. The molecule has 0 spiro atoms. The molecule has 1 amide bonds. The van der Waals surface area contributed by atoms with E-state index in [9.17, 15) is 9.59 Å². The van der Waals surface area contributed by atoms with Gasteiger partial charge in [-0.1, -0.05) is 36.4 Å². The monoisotopic (exact) mass is 640 g/mol. The lowest BCUT2D eigenvalue weighted by molar-refractivity contribution is -0.130. The Balaban J connectivity index is 0.000000277. The van der Waals surface area contributed by atoms with E-state index in [1.165, 1.54) is 16.7 Å². The minimum atomic E-state index is -0.878. The number of hydrogen-bond acceptors (Lipinski definition) is 7. The Hall–Kier alpha value is -4.76. The van der Waals surface area contributed by atoms with Crippen molar-refractivity contribution in [1.29, 1.82) is 0 Å². The zero-order chi connectivity index (χ0) is 33.5. The van der Waals surface area contributed by atoms with Gasteiger partial charge in [0.2, 0.25) is 5.91 Å². The number of aromatic carboxylic acids is 1. The minimum Gasteiger partial charge on any atom is -0.493 e. The summed E-state index contributed by atoms with van der Waals surface area (Å²) in [5.41, 5.74) is 5.27. The number of carboxylic acid groups (broad SMARTS) is 1. The summed E-state index contributed by atoms with van der Waals surface area (Å²) in [6, 6.07) is 20.9. The van der Waals surface area contributed by atoms with Crippen LogP contribution in [-0.2, 0) is 24.1 Å². The molecule has 0 fully saturated rings. The van der Waals surface area contributed by atoms with Gasteiger partial charge in [-0.25, -0.2) is 4.79 Å². The van der Waals surface area contributed by atoms with Crippen LogP contribution in [0.3, 0.4) is 0 Å². The minimum absolute atomic E-state index is 0.183. The number of benzene rings is 4. The second kappa shape index (κ2) is 15.2. The van der Waals surface area contributed by atoms with Gasteiger partial charge >= 0.3 is 5.97 Å². The highest BCUT2D eigenvalue weighted by atomic mass is 16.5. The highest BCUT2D eigenvalue weighted by molar-refractivity contribution is 6.03. The number of fused-ring (bicyclic) bond motifs is 3. The number of amides is 1. The molecule has 6 rings (SSSR count). The van der Waals surface area contributed by atoms with Crippen LogP contribution in [-0.4, -0.2) is 88.4 Å². The quantitative estimate of drug-likeness (QED) is 0.218. The molecule has 47 heavy (non-hydrogen) atoms. The summed E-state index contributed by atoms with van der Waals surface area (Å²) in [5.74, 6) is 2.81. The van der Waals surface area contributed by atoms with E-state index in [-0.39, 0.29) is 5.91 Å². The lowest BCUT2D eigenvalue weighted by Crippen LogP contribution is -2.36. The van der Waals surface area contributed by atoms with Crippen LogP contribution in [0.5, 0.6) is 23.0 Å². The maximum absolute atomic E-state index is 12.9. The number of hydrogen-bond donors (Lipinski definition) is 1. The largest absolute Gasteiger partial charge is 0.493 e. The van der Waals surface area contributed by atoms with Gasteiger partial charge in [-0.2, -0.15) is 0 Å². The second-order valence-electron chi connectivity index (χ2n) is 12.0. The molecular formula is C38H44N2O7. The highest BCUT2D eigenvalue weighted by Gasteiger charge is 2.29. The molecule has 9 nitrogen and oxygen atoms in total. The van der Waals surface area contributed by atoms with Crippen LogP contribution in [0.15, 0.2) is 66.7 Å². The van der Waals surface area contributed by atoms with Crippen molar-refractivity contribution in [3.05, 3.63) is 94.5 Å². The zero-order valence-electron chi connectivity index (χ0n) is 27.9. The van der Waals surface area contributed by atoms with E-state index in [4.69, 9.17) is 24.1 Å². The number of carbonyl (C=O) groups excluding carboxylic acids is 1. The SMILES string of the molecule is COc1cc2c(cc1OC)CC(=O)N(CCCN(C)C[C@H]1Cc3cc(OC)c(OC)cc31)CC2.O=C(O)c1cccc2ccccc12. The molecule has 1 aliphatic heterocycles. The average molecular weight is 641 g/mol. The van der Waals surface area contributed by atoms with Gasteiger partial charge < -0.3 is 33.9 Å². The van der Waals surface area contributed by atoms with Crippen LogP contribution in [0.4, 0.5) is 0 Å². The third-order valence-corrected chi connectivity index (χ3v) is 9.12. The number of methoxy groups -OCH3 is 4. The molecule has 9 heteroatoms. The van der Waals surface area contributed by atoms with Gasteiger partial charge in [0, 0.05) is 25.6 Å². The summed E-state index contributed by atoms with van der Waals surface area (Å²) in [6.07, 6.45) is 3.27. The first-order valence-corrected chi connectivity index (χ1v) is 15.9. The number of carboxylic acids is 1. The Morgan fingerprint density at radius 1 is 0.851 bits per heavy atom. The molecule has 0 bridgehead atoms. The van der Waals surface area contributed by atoms with Crippen LogP contribution in [0, 0.1) is 0 Å². The first kappa shape index (κ1) is 33.6. The standard InChI is InChI=1S/C27H36N2O5.C11H8O2/c1-28(17-21-11-20-14-25(33-4)26(34-5)16-22(20)21)8-6-9-29-10-7-18-12-23(31-2)24(32-3)13-19(18)15-27(29)30;12-11(13)10-7-3-5-8-4-1-2-6-9(8)10/h12-14,16,21H,6-11,15,17H2,1-5H3;1-7H,(H,12,13)/t21-;/m1./s1. The van der Waals surface area contributed by atoms with Crippen molar-refractivity contribution < 1.29 is 33.6 Å². The van der Waals surface area contributed by atoms with E-state index in [0.29, 0.717) is 23.7 Å². The number of nitrogens with zero attached hydrogens (tertiary/aromatic N) is 2. The van der Waals surface area contributed by atoms with E-state index in [0.717, 1.165) is 79.0 Å². The molecule has 4 aromatic carbocycles. The molecule has 1 atom stereocenters. The molecule has 2 aliphatic rings. The third kappa shape index (κ3) is 7.63. The van der Waals surface area contributed by atoms with Crippen molar-refractivity contribution >= 4 is 22.6 Å². The van der Waals surface area contributed by atoms with Crippen molar-refractivity contribution in [3.8, 4) is 23.0 Å². The molecule has 0 saturated heterocycles. The molecule has 248 valence electrons. The number of ether oxygens (including phenoxy) is 4. The first-order chi connectivity index (χ1) is 22.8. The van der Waals surface area contributed by atoms with Crippen LogP contribution in [0.1, 0.15) is 45.0 Å². The van der Waals surface area contributed by atoms with E-state index in [1.54, 1.807) is 40.6 Å². The van der Waals surface area contributed by atoms with Gasteiger partial charge in [0.1, 0.15) is 0 Å². The Kier molecular flexibility index (Phi) is 10.9. The van der Waals surface area contributed by atoms with Gasteiger partial charge in [-0.3, -0.25) is 4.79 Å². The van der Waals surface area contributed by atoms with E-state index in [2.05, 4.69) is 24.1 Å². The molecule has 1 aliphatic carbocycles. The Morgan fingerprint density at radius 2 is 1.47 bits per heavy atom. The van der Waals surface area contributed by atoms with Crippen LogP contribution in [0.25, 0.3) is 10.8 Å². The predicted molar refractivity (Wildman–Crippen MR) is 183 cm³/mol. The third-order valence-electron chi connectivity index (χ3n) is 9.12. The van der Waals surface area contributed by atoms with Gasteiger partial charge in [0.15, 0.2) is 23.0 Å². The molecule has 0 saturated carbocycles. The van der Waals surface area contributed by atoms with Crippen molar-refractivity contribution in [3.63, 3.8) is 0 Å².